The first kappa shape index (κ1) is 13.2. The van der Waals surface area contributed by atoms with Crippen LogP contribution in [-0.2, 0) is 6.54 Å². The molecule has 0 bridgehead atoms. The molecule has 1 aromatic rings. The zero-order chi connectivity index (χ0) is 12.5. The molecular formula is C12H13BrClF2N. The molecule has 0 aromatic heterocycles. The second-order valence-electron chi connectivity index (χ2n) is 4.38. The van der Waals surface area contributed by atoms with Crippen LogP contribution in [0.3, 0.4) is 0 Å². The molecular weight excluding hydrogens is 311 g/mol. The van der Waals surface area contributed by atoms with Crippen LogP contribution < -0.4 is 0 Å². The summed E-state index contributed by atoms with van der Waals surface area (Å²) in [6, 6.07) is 5.52. The third kappa shape index (κ3) is 3.39. The van der Waals surface area contributed by atoms with Gasteiger partial charge in [-0.1, -0.05) is 23.7 Å². The first-order valence-corrected chi connectivity index (χ1v) is 6.68. The number of benzene rings is 1. The van der Waals surface area contributed by atoms with Crippen LogP contribution in [-0.4, -0.2) is 23.9 Å². The van der Waals surface area contributed by atoms with Crippen LogP contribution in [0.1, 0.15) is 18.4 Å². The molecule has 0 saturated carbocycles. The molecule has 1 aliphatic heterocycles. The highest BCUT2D eigenvalue weighted by molar-refractivity contribution is 9.10. The van der Waals surface area contributed by atoms with Crippen LogP contribution in [0.25, 0.3) is 0 Å². The smallest absolute Gasteiger partial charge is 0.260 e. The molecule has 0 atom stereocenters. The zero-order valence-corrected chi connectivity index (χ0v) is 11.6. The Bertz CT molecular complexity index is 411. The van der Waals surface area contributed by atoms with Crippen LogP contribution in [0, 0.1) is 0 Å². The van der Waals surface area contributed by atoms with Gasteiger partial charge in [-0.15, -0.1) is 0 Å². The number of halogens is 4. The molecule has 0 unspecified atom stereocenters. The van der Waals surface area contributed by atoms with Gasteiger partial charge in [0.25, 0.3) is 5.92 Å². The molecule has 1 aromatic carbocycles. The topological polar surface area (TPSA) is 3.24 Å². The van der Waals surface area contributed by atoms with E-state index >= 15 is 0 Å². The molecule has 0 N–H and O–H groups in total. The highest BCUT2D eigenvalue weighted by Gasteiger charge is 2.35. The van der Waals surface area contributed by atoms with E-state index in [0.717, 1.165) is 10.0 Å². The Morgan fingerprint density at radius 1 is 1.41 bits per heavy atom. The Hall–Kier alpha value is -0.190. The molecule has 1 heterocycles. The molecule has 0 spiro atoms. The molecule has 17 heavy (non-hydrogen) atoms. The fraction of sp³-hybridized carbons (Fsp3) is 0.500. The highest BCUT2D eigenvalue weighted by Crippen LogP contribution is 2.30. The minimum atomic E-state index is -2.55. The van der Waals surface area contributed by atoms with Crippen molar-refractivity contribution in [1.82, 2.24) is 4.90 Å². The van der Waals surface area contributed by atoms with Crippen molar-refractivity contribution in [3.05, 3.63) is 33.3 Å². The summed E-state index contributed by atoms with van der Waals surface area (Å²) in [5, 5.41) is 0.617. The Morgan fingerprint density at radius 2 is 2.18 bits per heavy atom. The maximum Gasteiger partial charge on any atom is 0.260 e. The van der Waals surface area contributed by atoms with Crippen LogP contribution in [0.2, 0.25) is 5.02 Å². The monoisotopic (exact) mass is 323 g/mol. The number of rotatable bonds is 2. The van der Waals surface area contributed by atoms with Gasteiger partial charge in [0.2, 0.25) is 0 Å². The number of piperidine rings is 1. The molecule has 0 aliphatic carbocycles. The van der Waals surface area contributed by atoms with Crippen molar-refractivity contribution in [2.45, 2.75) is 25.3 Å². The van der Waals surface area contributed by atoms with Crippen LogP contribution >= 0.6 is 27.5 Å². The van der Waals surface area contributed by atoms with Crippen molar-refractivity contribution in [3.8, 4) is 0 Å². The minimum Gasteiger partial charge on any atom is -0.293 e. The average Bonchev–Trinajstić information content (AvgIpc) is 2.23. The van der Waals surface area contributed by atoms with Crippen molar-refractivity contribution in [3.63, 3.8) is 0 Å². The summed E-state index contributed by atoms with van der Waals surface area (Å²) < 4.78 is 27.3. The molecule has 94 valence electrons. The molecule has 1 aliphatic rings. The lowest BCUT2D eigenvalue weighted by molar-refractivity contribution is -0.0661. The quantitative estimate of drug-likeness (QED) is 0.782. The van der Waals surface area contributed by atoms with Gasteiger partial charge in [0.15, 0.2) is 0 Å². The number of hydrogen-bond acceptors (Lipinski definition) is 1. The van der Waals surface area contributed by atoms with E-state index in [0.29, 0.717) is 24.5 Å². The van der Waals surface area contributed by atoms with Gasteiger partial charge >= 0.3 is 0 Å². The lowest BCUT2D eigenvalue weighted by atomic mass is 10.1. The minimum absolute atomic E-state index is 0.000214. The van der Waals surface area contributed by atoms with E-state index in [1.54, 1.807) is 11.0 Å². The zero-order valence-electron chi connectivity index (χ0n) is 9.23. The summed E-state index contributed by atoms with van der Waals surface area (Å²) in [6.07, 6.45) is 0.547. The van der Waals surface area contributed by atoms with E-state index in [1.807, 2.05) is 12.1 Å². The first-order chi connectivity index (χ1) is 7.98. The van der Waals surface area contributed by atoms with E-state index in [4.69, 9.17) is 11.6 Å². The summed E-state index contributed by atoms with van der Waals surface area (Å²) in [5.74, 6) is -2.55. The van der Waals surface area contributed by atoms with Gasteiger partial charge < -0.3 is 0 Å². The maximum absolute atomic E-state index is 13.3. The Morgan fingerprint density at radius 3 is 2.88 bits per heavy atom. The van der Waals surface area contributed by atoms with Gasteiger partial charge in [-0.2, -0.15) is 0 Å². The largest absolute Gasteiger partial charge is 0.293 e. The third-order valence-corrected chi connectivity index (χ3v) is 4.38. The van der Waals surface area contributed by atoms with Crippen molar-refractivity contribution in [1.29, 1.82) is 0 Å². The number of nitrogens with zero attached hydrogens (tertiary/aromatic N) is 1. The molecule has 1 saturated heterocycles. The predicted octanol–water partition coefficient (Wildman–Crippen LogP) is 4.33. The molecule has 0 amide bonds. The van der Waals surface area contributed by atoms with E-state index in [1.165, 1.54) is 0 Å². The number of likely N-dealkylation sites (tertiary alicyclic amines) is 1. The standard InChI is InChI=1S/C12H13BrClF2N/c13-11-9(3-1-4-10(11)14)7-17-6-2-5-12(15,16)8-17/h1,3-4H,2,5-8H2. The Balaban J connectivity index is 2.08. The van der Waals surface area contributed by atoms with E-state index in [-0.39, 0.29) is 13.0 Å². The molecule has 2 rings (SSSR count). The van der Waals surface area contributed by atoms with Crippen molar-refractivity contribution in [2.75, 3.05) is 13.1 Å². The maximum atomic E-state index is 13.3. The summed E-state index contributed by atoms with van der Waals surface area (Å²) in [7, 11) is 0. The van der Waals surface area contributed by atoms with Crippen molar-refractivity contribution in [2.24, 2.45) is 0 Å². The van der Waals surface area contributed by atoms with Gasteiger partial charge in [-0.25, -0.2) is 8.78 Å². The van der Waals surface area contributed by atoms with Gasteiger partial charge in [0.05, 0.1) is 11.6 Å². The fourth-order valence-electron chi connectivity index (χ4n) is 2.09. The van der Waals surface area contributed by atoms with E-state index in [9.17, 15) is 8.78 Å². The second kappa shape index (κ2) is 5.21. The van der Waals surface area contributed by atoms with Gasteiger partial charge in [-0.3, -0.25) is 4.90 Å². The lowest BCUT2D eigenvalue weighted by Crippen LogP contribution is -2.42. The van der Waals surface area contributed by atoms with Gasteiger partial charge in [0.1, 0.15) is 0 Å². The van der Waals surface area contributed by atoms with E-state index < -0.39 is 5.92 Å². The second-order valence-corrected chi connectivity index (χ2v) is 5.58. The molecule has 5 heteroatoms. The normalized spacial score (nSPS) is 20.5. The van der Waals surface area contributed by atoms with Crippen molar-refractivity contribution >= 4 is 27.5 Å². The van der Waals surface area contributed by atoms with E-state index in [2.05, 4.69) is 15.9 Å². The lowest BCUT2D eigenvalue weighted by Gasteiger charge is -2.32. The van der Waals surface area contributed by atoms with Gasteiger partial charge in [-0.05, 0) is 40.5 Å². The Kier molecular flexibility index (Phi) is 4.06. The SMILES string of the molecule is FC1(F)CCCN(Cc2cccc(Cl)c2Br)C1. The fourth-order valence-corrected chi connectivity index (χ4v) is 2.68. The van der Waals surface area contributed by atoms with Crippen LogP contribution in [0.15, 0.2) is 22.7 Å². The summed E-state index contributed by atoms with van der Waals surface area (Å²) in [6.45, 7) is 1.07. The highest BCUT2D eigenvalue weighted by atomic mass is 79.9. The Labute approximate surface area is 113 Å². The third-order valence-electron chi connectivity index (χ3n) is 2.90. The molecule has 1 fully saturated rings. The van der Waals surface area contributed by atoms with Gasteiger partial charge in [0, 0.05) is 17.4 Å². The molecule has 0 radical (unpaired) electrons. The van der Waals surface area contributed by atoms with Crippen LogP contribution in [0.4, 0.5) is 8.78 Å². The van der Waals surface area contributed by atoms with Crippen LogP contribution in [0.5, 0.6) is 0 Å². The first-order valence-electron chi connectivity index (χ1n) is 5.51. The summed E-state index contributed by atoms with van der Waals surface area (Å²) in [5.41, 5.74) is 0.954. The average molecular weight is 325 g/mol. The number of alkyl halides is 2. The summed E-state index contributed by atoms with van der Waals surface area (Å²) in [4.78, 5) is 1.78. The van der Waals surface area contributed by atoms with Crippen molar-refractivity contribution < 1.29 is 8.78 Å². The summed E-state index contributed by atoms with van der Waals surface area (Å²) >= 11 is 9.36. The molecule has 1 nitrogen and oxygen atoms in total. The predicted molar refractivity (Wildman–Crippen MR) is 68.6 cm³/mol. The number of hydrogen-bond donors (Lipinski definition) is 0.